The molecule has 0 aromatic carbocycles. The van der Waals surface area contributed by atoms with Crippen molar-refractivity contribution in [1.82, 2.24) is 10.4 Å². The Bertz CT molecular complexity index is 317. The van der Waals surface area contributed by atoms with Crippen molar-refractivity contribution in [3.05, 3.63) is 22.4 Å². The second-order valence-corrected chi connectivity index (χ2v) is 4.73. The monoisotopic (exact) mass is 225 g/mol. The van der Waals surface area contributed by atoms with Gasteiger partial charge in [-0.3, -0.25) is 5.43 Å². The summed E-state index contributed by atoms with van der Waals surface area (Å²) in [5.74, 6) is 0.649. The quantitative estimate of drug-likeness (QED) is 0.801. The van der Waals surface area contributed by atoms with E-state index in [-0.39, 0.29) is 0 Å². The normalized spacial score (nSPS) is 18.9. The number of nitrogens with zero attached hydrogens (tertiary/aromatic N) is 1. The van der Waals surface area contributed by atoms with Gasteiger partial charge in [-0.25, -0.2) is 9.80 Å². The number of carbonyl (C=O) groups is 1. The van der Waals surface area contributed by atoms with Crippen LogP contribution in [0.3, 0.4) is 0 Å². The highest BCUT2D eigenvalue weighted by atomic mass is 32.1. The van der Waals surface area contributed by atoms with E-state index < -0.39 is 6.03 Å². The molecule has 4 nitrogen and oxygen atoms in total. The smallest absolute Gasteiger partial charge is 0.326 e. The molecule has 1 saturated heterocycles. The highest BCUT2D eigenvalue weighted by Gasteiger charge is 2.21. The van der Waals surface area contributed by atoms with Crippen LogP contribution in [0.4, 0.5) is 4.79 Å². The van der Waals surface area contributed by atoms with E-state index in [1.165, 1.54) is 4.88 Å². The maximum Gasteiger partial charge on any atom is 0.326 e. The van der Waals surface area contributed by atoms with Crippen LogP contribution in [-0.2, 0) is 0 Å². The zero-order valence-electron chi connectivity index (χ0n) is 8.48. The largest absolute Gasteiger partial charge is 0.351 e. The van der Waals surface area contributed by atoms with Crippen molar-refractivity contribution in [3.8, 4) is 0 Å². The molecule has 0 spiro atoms. The third kappa shape index (κ3) is 2.70. The molecule has 1 fully saturated rings. The fourth-order valence-electron chi connectivity index (χ4n) is 1.96. The lowest BCUT2D eigenvalue weighted by Gasteiger charge is -2.30. The minimum absolute atomic E-state index is 0.468. The average molecular weight is 225 g/mol. The highest BCUT2D eigenvalue weighted by molar-refractivity contribution is 7.10. The van der Waals surface area contributed by atoms with E-state index in [0.717, 1.165) is 25.9 Å². The third-order valence-corrected chi connectivity index (χ3v) is 3.74. The number of carbonyl (C=O) groups excluding carboxylic acids is 1. The Hall–Kier alpha value is -1.07. The summed E-state index contributed by atoms with van der Waals surface area (Å²) in [6, 6.07) is 3.81. The van der Waals surface area contributed by atoms with Crippen LogP contribution in [0.5, 0.6) is 0 Å². The number of urea groups is 1. The number of rotatable bonds is 2. The van der Waals surface area contributed by atoms with E-state index in [1.807, 2.05) is 16.3 Å². The number of thiophene rings is 1. The fourth-order valence-corrected chi connectivity index (χ4v) is 2.85. The molecule has 1 aliphatic heterocycles. The molecule has 2 heterocycles. The van der Waals surface area contributed by atoms with E-state index in [1.54, 1.807) is 0 Å². The van der Waals surface area contributed by atoms with Crippen LogP contribution >= 0.6 is 11.3 Å². The number of nitrogens with two attached hydrogens (primary N) is 1. The molecule has 1 aromatic rings. The van der Waals surface area contributed by atoms with Gasteiger partial charge >= 0.3 is 6.03 Å². The van der Waals surface area contributed by atoms with Gasteiger partial charge in [0.05, 0.1) is 0 Å². The van der Waals surface area contributed by atoms with Crippen LogP contribution < -0.4 is 11.2 Å². The Morgan fingerprint density at radius 3 is 2.80 bits per heavy atom. The molecule has 1 aromatic heterocycles. The molecular weight excluding hydrogens is 210 g/mol. The lowest BCUT2D eigenvalue weighted by atomic mass is 9.96. The van der Waals surface area contributed by atoms with Crippen molar-refractivity contribution in [2.45, 2.75) is 18.8 Å². The van der Waals surface area contributed by atoms with Crippen molar-refractivity contribution < 1.29 is 4.79 Å². The zero-order valence-corrected chi connectivity index (χ0v) is 9.30. The molecule has 2 rings (SSSR count). The Morgan fingerprint density at radius 1 is 1.53 bits per heavy atom. The van der Waals surface area contributed by atoms with Gasteiger partial charge < -0.3 is 5.73 Å². The standard InChI is InChI=1S/C10H15N3OS/c11-10(14)12-13-5-3-8(4-6-13)9-2-1-7-15-9/h1-2,7-8H,3-6H2,(H3,11,12,14). The Morgan fingerprint density at radius 2 is 2.27 bits per heavy atom. The predicted octanol–water partition coefficient (Wildman–Crippen LogP) is 1.51. The van der Waals surface area contributed by atoms with E-state index in [9.17, 15) is 4.79 Å². The molecule has 15 heavy (non-hydrogen) atoms. The molecule has 0 saturated carbocycles. The summed E-state index contributed by atoms with van der Waals surface area (Å²) in [7, 11) is 0. The van der Waals surface area contributed by atoms with E-state index in [0.29, 0.717) is 5.92 Å². The molecule has 0 unspecified atom stereocenters. The van der Waals surface area contributed by atoms with Gasteiger partial charge in [-0.1, -0.05) is 6.07 Å². The molecule has 2 amide bonds. The van der Waals surface area contributed by atoms with Gasteiger partial charge in [-0.2, -0.15) is 0 Å². The molecule has 5 heteroatoms. The van der Waals surface area contributed by atoms with Crippen LogP contribution in [0.2, 0.25) is 0 Å². The molecule has 3 N–H and O–H groups in total. The van der Waals surface area contributed by atoms with Gasteiger partial charge in [-0.15, -0.1) is 11.3 Å². The van der Waals surface area contributed by atoms with Crippen molar-refractivity contribution in [3.63, 3.8) is 0 Å². The summed E-state index contributed by atoms with van der Waals surface area (Å²) in [6.07, 6.45) is 2.17. The van der Waals surface area contributed by atoms with Crippen LogP contribution in [0.15, 0.2) is 17.5 Å². The maximum absolute atomic E-state index is 10.6. The van der Waals surface area contributed by atoms with Gasteiger partial charge in [0.15, 0.2) is 0 Å². The summed E-state index contributed by atoms with van der Waals surface area (Å²) >= 11 is 1.81. The number of amides is 2. The topological polar surface area (TPSA) is 58.4 Å². The lowest BCUT2D eigenvalue weighted by molar-refractivity contribution is 0.151. The van der Waals surface area contributed by atoms with E-state index in [2.05, 4.69) is 22.9 Å². The predicted molar refractivity (Wildman–Crippen MR) is 60.6 cm³/mol. The molecule has 82 valence electrons. The van der Waals surface area contributed by atoms with Crippen molar-refractivity contribution in [2.75, 3.05) is 13.1 Å². The number of hydrogen-bond acceptors (Lipinski definition) is 3. The number of hydrogen-bond donors (Lipinski definition) is 2. The summed E-state index contributed by atoms with van der Waals surface area (Å²) in [4.78, 5) is 12.1. The molecular formula is C10H15N3OS. The zero-order chi connectivity index (χ0) is 10.7. The van der Waals surface area contributed by atoms with E-state index >= 15 is 0 Å². The van der Waals surface area contributed by atoms with Gasteiger partial charge in [0.1, 0.15) is 0 Å². The first kappa shape index (κ1) is 10.4. The van der Waals surface area contributed by atoms with Crippen LogP contribution in [0.1, 0.15) is 23.6 Å². The molecule has 0 aliphatic carbocycles. The minimum Gasteiger partial charge on any atom is -0.351 e. The van der Waals surface area contributed by atoms with Crippen molar-refractivity contribution in [1.29, 1.82) is 0 Å². The fraction of sp³-hybridized carbons (Fsp3) is 0.500. The highest BCUT2D eigenvalue weighted by Crippen LogP contribution is 2.30. The number of hydrazine groups is 1. The van der Waals surface area contributed by atoms with E-state index in [4.69, 9.17) is 5.73 Å². The minimum atomic E-state index is -0.468. The third-order valence-electron chi connectivity index (χ3n) is 2.71. The number of piperidine rings is 1. The van der Waals surface area contributed by atoms with Crippen molar-refractivity contribution in [2.24, 2.45) is 5.73 Å². The van der Waals surface area contributed by atoms with Crippen LogP contribution in [0, 0.1) is 0 Å². The Balaban J connectivity index is 1.84. The lowest BCUT2D eigenvalue weighted by Crippen LogP contribution is -2.48. The van der Waals surface area contributed by atoms with Crippen molar-refractivity contribution >= 4 is 17.4 Å². The summed E-state index contributed by atoms with van der Waals surface area (Å²) < 4.78 is 0. The summed E-state index contributed by atoms with van der Waals surface area (Å²) in [5, 5.41) is 4.01. The first-order chi connectivity index (χ1) is 7.25. The second kappa shape index (κ2) is 4.63. The molecule has 1 aliphatic rings. The maximum atomic E-state index is 10.6. The van der Waals surface area contributed by atoms with Crippen LogP contribution in [0.25, 0.3) is 0 Å². The first-order valence-electron chi connectivity index (χ1n) is 5.10. The summed E-state index contributed by atoms with van der Waals surface area (Å²) in [5.41, 5.74) is 7.69. The van der Waals surface area contributed by atoms with Crippen LogP contribution in [-0.4, -0.2) is 24.1 Å². The SMILES string of the molecule is NC(=O)NN1CCC(c2cccs2)CC1. The number of primary amides is 1. The van der Waals surface area contributed by atoms with Gasteiger partial charge in [0.25, 0.3) is 0 Å². The number of nitrogens with one attached hydrogen (secondary N) is 1. The Labute approximate surface area is 93.0 Å². The van der Waals surface area contributed by atoms with Gasteiger partial charge in [0, 0.05) is 18.0 Å². The molecule has 0 radical (unpaired) electrons. The van der Waals surface area contributed by atoms with Gasteiger partial charge in [0.2, 0.25) is 0 Å². The molecule has 0 atom stereocenters. The summed E-state index contributed by atoms with van der Waals surface area (Å²) in [6.45, 7) is 1.76. The molecule has 0 bridgehead atoms. The Kier molecular flexibility index (Phi) is 3.23. The van der Waals surface area contributed by atoms with Gasteiger partial charge in [-0.05, 0) is 30.2 Å². The average Bonchev–Trinajstić information content (AvgIpc) is 2.71. The second-order valence-electron chi connectivity index (χ2n) is 3.75. The first-order valence-corrected chi connectivity index (χ1v) is 5.98.